The van der Waals surface area contributed by atoms with Gasteiger partial charge in [-0.25, -0.2) is 0 Å². The second-order valence-electron chi connectivity index (χ2n) is 4.03. The molecule has 92 valence electrons. The zero-order valence-electron chi connectivity index (χ0n) is 9.54. The van der Waals surface area contributed by atoms with E-state index in [9.17, 15) is 0 Å². The molecule has 2 nitrogen and oxygen atoms in total. The number of rotatable bonds is 3. The van der Waals surface area contributed by atoms with E-state index in [0.717, 1.165) is 34.5 Å². The van der Waals surface area contributed by atoms with E-state index in [1.807, 2.05) is 12.1 Å². The topological polar surface area (TPSA) is 24.4 Å². The van der Waals surface area contributed by atoms with Gasteiger partial charge in [0.05, 0.1) is 0 Å². The highest BCUT2D eigenvalue weighted by Crippen LogP contribution is 2.21. The molecule has 1 aliphatic rings. The first kappa shape index (κ1) is 13.1. The van der Waals surface area contributed by atoms with Crippen LogP contribution in [-0.2, 0) is 6.42 Å². The number of halogens is 2. The fourth-order valence-corrected chi connectivity index (χ4v) is 3.05. The summed E-state index contributed by atoms with van der Waals surface area (Å²) in [5, 5.41) is 5.76. The Bertz CT molecular complexity index is 435. The molecule has 0 radical (unpaired) electrons. The third kappa shape index (κ3) is 3.80. The molecule has 2 rings (SSSR count). The molecule has 1 saturated heterocycles. The van der Waals surface area contributed by atoms with Gasteiger partial charge < -0.3 is 5.32 Å². The first-order chi connectivity index (χ1) is 8.15. The summed E-state index contributed by atoms with van der Waals surface area (Å²) in [7, 11) is 0. The first-order valence-electron chi connectivity index (χ1n) is 5.53. The van der Waals surface area contributed by atoms with Crippen molar-refractivity contribution in [2.45, 2.75) is 19.4 Å². The lowest BCUT2D eigenvalue weighted by molar-refractivity contribution is 0.764. The first-order valence-corrected chi connectivity index (χ1v) is 7.27. The number of hydrogen-bond acceptors (Lipinski definition) is 2. The summed E-state index contributed by atoms with van der Waals surface area (Å²) in [5.74, 6) is 1.10. The van der Waals surface area contributed by atoms with Gasteiger partial charge in [0.2, 0.25) is 0 Å². The van der Waals surface area contributed by atoms with E-state index < -0.39 is 0 Å². The molecule has 1 aromatic rings. The molecule has 1 aromatic carbocycles. The predicted octanol–water partition coefficient (Wildman–Crippen LogP) is 3.62. The van der Waals surface area contributed by atoms with Crippen LogP contribution < -0.4 is 5.32 Å². The van der Waals surface area contributed by atoms with Crippen LogP contribution in [0.5, 0.6) is 0 Å². The summed E-state index contributed by atoms with van der Waals surface area (Å²) in [5.41, 5.74) is 1.09. The Morgan fingerprint density at radius 1 is 1.47 bits per heavy atom. The van der Waals surface area contributed by atoms with Crippen LogP contribution in [0.2, 0.25) is 10.0 Å². The number of nitrogens with one attached hydrogen (secondary N) is 1. The maximum Gasteiger partial charge on any atom is 0.156 e. The zero-order chi connectivity index (χ0) is 12.3. The molecule has 0 saturated carbocycles. The Hall–Kier alpha value is -0.380. The summed E-state index contributed by atoms with van der Waals surface area (Å²) < 4.78 is 0. The third-order valence-electron chi connectivity index (χ3n) is 2.49. The van der Waals surface area contributed by atoms with Crippen molar-refractivity contribution in [1.82, 2.24) is 5.32 Å². The van der Waals surface area contributed by atoms with Gasteiger partial charge in [-0.3, -0.25) is 4.99 Å². The minimum atomic E-state index is 0.526. The van der Waals surface area contributed by atoms with Crippen molar-refractivity contribution in [1.29, 1.82) is 0 Å². The molecule has 1 N–H and O–H groups in total. The van der Waals surface area contributed by atoms with E-state index in [1.165, 1.54) is 0 Å². The van der Waals surface area contributed by atoms with E-state index in [4.69, 9.17) is 23.2 Å². The average molecular weight is 289 g/mol. The molecule has 0 aromatic heterocycles. The quantitative estimate of drug-likeness (QED) is 0.919. The fraction of sp³-hybridized carbons (Fsp3) is 0.417. The maximum absolute atomic E-state index is 6.09. The molecule has 1 heterocycles. The second-order valence-corrected chi connectivity index (χ2v) is 5.88. The van der Waals surface area contributed by atoms with Crippen LogP contribution in [0.1, 0.15) is 12.5 Å². The van der Waals surface area contributed by atoms with Crippen LogP contribution in [0.15, 0.2) is 23.2 Å². The molecule has 1 unspecified atom stereocenters. The minimum Gasteiger partial charge on any atom is -0.362 e. The summed E-state index contributed by atoms with van der Waals surface area (Å²) in [4.78, 5) is 4.51. The third-order valence-corrected chi connectivity index (χ3v) is 4.27. The Balaban J connectivity index is 1.90. The predicted molar refractivity (Wildman–Crippen MR) is 77.5 cm³/mol. The van der Waals surface area contributed by atoms with Gasteiger partial charge in [-0.2, -0.15) is 0 Å². The summed E-state index contributed by atoms with van der Waals surface area (Å²) >= 11 is 13.7. The minimum absolute atomic E-state index is 0.526. The van der Waals surface area contributed by atoms with Gasteiger partial charge in [-0.15, -0.1) is 0 Å². The van der Waals surface area contributed by atoms with Crippen LogP contribution in [0.25, 0.3) is 0 Å². The van der Waals surface area contributed by atoms with Crippen molar-refractivity contribution in [3.63, 3.8) is 0 Å². The van der Waals surface area contributed by atoms with Crippen molar-refractivity contribution in [3.05, 3.63) is 33.8 Å². The molecular formula is C12H14Cl2N2S. The Morgan fingerprint density at radius 3 is 2.94 bits per heavy atom. The highest BCUT2D eigenvalue weighted by atomic mass is 35.5. The van der Waals surface area contributed by atoms with Crippen LogP contribution in [0.4, 0.5) is 0 Å². The Morgan fingerprint density at radius 2 is 2.29 bits per heavy atom. The number of nitrogens with zero attached hydrogens (tertiary/aromatic N) is 1. The molecule has 0 bridgehead atoms. The van der Waals surface area contributed by atoms with Gasteiger partial charge in [0.15, 0.2) is 5.17 Å². The van der Waals surface area contributed by atoms with E-state index in [1.54, 1.807) is 17.8 Å². The summed E-state index contributed by atoms with van der Waals surface area (Å²) in [6, 6.07) is 6.12. The zero-order valence-corrected chi connectivity index (χ0v) is 11.9. The van der Waals surface area contributed by atoms with Gasteiger partial charge in [-0.05, 0) is 31.0 Å². The van der Waals surface area contributed by atoms with Crippen LogP contribution in [-0.4, -0.2) is 23.5 Å². The second kappa shape index (κ2) is 5.98. The monoisotopic (exact) mass is 288 g/mol. The van der Waals surface area contributed by atoms with Crippen molar-refractivity contribution >= 4 is 40.1 Å². The van der Waals surface area contributed by atoms with Gasteiger partial charge in [0.1, 0.15) is 0 Å². The normalized spacial score (nSPS) is 21.8. The van der Waals surface area contributed by atoms with E-state index in [0.29, 0.717) is 11.1 Å². The molecule has 1 atom stereocenters. The molecule has 0 amide bonds. The molecule has 1 fully saturated rings. The van der Waals surface area contributed by atoms with E-state index >= 15 is 0 Å². The smallest absolute Gasteiger partial charge is 0.156 e. The van der Waals surface area contributed by atoms with Crippen molar-refractivity contribution in [3.8, 4) is 0 Å². The SMILES string of the molecule is CC1CSC(=NCCc2ccc(Cl)cc2Cl)N1. The highest BCUT2D eigenvalue weighted by Gasteiger charge is 2.14. The lowest BCUT2D eigenvalue weighted by atomic mass is 10.1. The number of amidine groups is 1. The number of thioether (sulfide) groups is 1. The molecular weight excluding hydrogens is 275 g/mol. The molecule has 0 aliphatic carbocycles. The number of aliphatic imine (C=N–C) groups is 1. The number of benzene rings is 1. The Kier molecular flexibility index (Phi) is 4.60. The van der Waals surface area contributed by atoms with Crippen molar-refractivity contribution < 1.29 is 0 Å². The van der Waals surface area contributed by atoms with E-state index in [2.05, 4.69) is 17.2 Å². The fourth-order valence-electron chi connectivity index (χ4n) is 1.59. The average Bonchev–Trinajstić information content (AvgIpc) is 2.68. The van der Waals surface area contributed by atoms with Crippen LogP contribution in [0, 0.1) is 0 Å². The highest BCUT2D eigenvalue weighted by molar-refractivity contribution is 8.14. The number of hydrogen-bond donors (Lipinski definition) is 1. The summed E-state index contributed by atoms with van der Waals surface area (Å²) in [6.07, 6.45) is 0.843. The maximum atomic E-state index is 6.09. The van der Waals surface area contributed by atoms with Gasteiger partial charge in [0.25, 0.3) is 0 Å². The Labute approximate surface area is 116 Å². The molecule has 1 aliphatic heterocycles. The molecule has 0 spiro atoms. The van der Waals surface area contributed by atoms with Crippen molar-refractivity contribution in [2.75, 3.05) is 12.3 Å². The largest absolute Gasteiger partial charge is 0.362 e. The van der Waals surface area contributed by atoms with Gasteiger partial charge in [-0.1, -0.05) is 41.0 Å². The van der Waals surface area contributed by atoms with Gasteiger partial charge >= 0.3 is 0 Å². The lowest BCUT2D eigenvalue weighted by Gasteiger charge is -2.04. The van der Waals surface area contributed by atoms with Crippen molar-refractivity contribution in [2.24, 2.45) is 4.99 Å². The lowest BCUT2D eigenvalue weighted by Crippen LogP contribution is -2.23. The molecule has 5 heteroatoms. The summed E-state index contributed by atoms with van der Waals surface area (Å²) in [6.45, 7) is 2.91. The van der Waals surface area contributed by atoms with E-state index in [-0.39, 0.29) is 0 Å². The van der Waals surface area contributed by atoms with Crippen LogP contribution >= 0.6 is 35.0 Å². The molecule has 17 heavy (non-hydrogen) atoms. The standard InChI is InChI=1S/C12H14Cl2N2S/c1-8-7-17-12(16-8)15-5-4-9-2-3-10(13)6-11(9)14/h2-3,6,8H,4-5,7H2,1H3,(H,15,16). The van der Waals surface area contributed by atoms with Gasteiger partial charge in [0, 0.05) is 28.4 Å². The van der Waals surface area contributed by atoms with Crippen LogP contribution in [0.3, 0.4) is 0 Å².